The van der Waals surface area contributed by atoms with Crippen molar-refractivity contribution in [2.45, 2.75) is 6.04 Å². The molecule has 0 aliphatic heterocycles. The van der Waals surface area contributed by atoms with Gasteiger partial charge in [-0.3, -0.25) is 9.59 Å². The molecule has 0 bridgehead atoms. The van der Waals surface area contributed by atoms with E-state index >= 15 is 0 Å². The number of carbonyl (C=O) groups excluding carboxylic acids is 2. The smallest absolute Gasteiger partial charge is 0.325 e. The summed E-state index contributed by atoms with van der Waals surface area (Å²) in [5, 5.41) is 2.40. The van der Waals surface area contributed by atoms with Crippen LogP contribution in [0.4, 0.5) is 0 Å². The number of carbonyl (C=O) groups is 2. The van der Waals surface area contributed by atoms with E-state index in [9.17, 15) is 13.8 Å². The fraction of sp³-hybridized carbons (Fsp3) is 0.333. The first-order valence-corrected chi connectivity index (χ1v) is 7.10. The first-order valence-electron chi connectivity index (χ1n) is 6.02. The standard InChI is InChI=1S/C12H17N3O5S/c1-19-12(17)10(8-14-11(16)7-13)15-21(18)20-9-5-3-2-4-6-9/h2-6,10,15H,7-8,13H2,1H3,(H,14,16). The minimum absolute atomic E-state index is 0.118. The lowest BCUT2D eigenvalue weighted by Crippen LogP contribution is -2.48. The van der Waals surface area contributed by atoms with Gasteiger partial charge in [-0.25, -0.2) is 0 Å². The minimum atomic E-state index is -1.97. The largest absolute Gasteiger partial charge is 0.468 e. The fourth-order valence-corrected chi connectivity index (χ4v) is 2.05. The molecule has 0 aliphatic carbocycles. The predicted octanol–water partition coefficient (Wildman–Crippen LogP) is -1.15. The molecule has 9 heteroatoms. The Hall–Kier alpha value is -1.97. The highest BCUT2D eigenvalue weighted by Crippen LogP contribution is 2.09. The molecular weight excluding hydrogens is 298 g/mol. The van der Waals surface area contributed by atoms with Crippen LogP contribution in [0.2, 0.25) is 0 Å². The van der Waals surface area contributed by atoms with Gasteiger partial charge in [-0.2, -0.15) is 8.93 Å². The number of nitrogens with one attached hydrogen (secondary N) is 2. The first kappa shape index (κ1) is 17.1. The van der Waals surface area contributed by atoms with E-state index in [1.807, 2.05) is 0 Å². The molecule has 0 fully saturated rings. The molecule has 0 spiro atoms. The predicted molar refractivity (Wildman–Crippen MR) is 76.2 cm³/mol. The Balaban J connectivity index is 2.57. The molecule has 1 aromatic rings. The van der Waals surface area contributed by atoms with Crippen LogP contribution in [0.3, 0.4) is 0 Å². The van der Waals surface area contributed by atoms with E-state index in [0.29, 0.717) is 5.75 Å². The van der Waals surface area contributed by atoms with Crippen molar-refractivity contribution in [3.05, 3.63) is 30.3 Å². The Bertz CT molecular complexity index is 497. The second-order valence-electron chi connectivity index (χ2n) is 3.83. The summed E-state index contributed by atoms with van der Waals surface area (Å²) in [5.41, 5.74) is 5.14. The number of benzene rings is 1. The van der Waals surface area contributed by atoms with E-state index in [0.717, 1.165) is 0 Å². The Labute approximate surface area is 124 Å². The third kappa shape index (κ3) is 6.34. The number of hydrogen-bond acceptors (Lipinski definition) is 6. The van der Waals surface area contributed by atoms with E-state index in [2.05, 4.69) is 14.8 Å². The molecule has 21 heavy (non-hydrogen) atoms. The molecule has 1 aromatic carbocycles. The van der Waals surface area contributed by atoms with Crippen LogP contribution < -0.4 is 20.0 Å². The van der Waals surface area contributed by atoms with E-state index in [-0.39, 0.29) is 13.1 Å². The highest BCUT2D eigenvalue weighted by atomic mass is 32.2. The van der Waals surface area contributed by atoms with Crippen LogP contribution in [0, 0.1) is 0 Å². The lowest BCUT2D eigenvalue weighted by atomic mass is 10.3. The van der Waals surface area contributed by atoms with Crippen LogP contribution in [-0.4, -0.2) is 42.3 Å². The van der Waals surface area contributed by atoms with Gasteiger partial charge >= 0.3 is 5.97 Å². The van der Waals surface area contributed by atoms with Gasteiger partial charge in [-0.05, 0) is 12.1 Å². The molecule has 0 radical (unpaired) electrons. The molecule has 0 heterocycles. The zero-order chi connectivity index (χ0) is 15.7. The highest BCUT2D eigenvalue weighted by Gasteiger charge is 2.22. The maximum atomic E-state index is 11.8. The van der Waals surface area contributed by atoms with Crippen molar-refractivity contribution in [2.24, 2.45) is 5.73 Å². The highest BCUT2D eigenvalue weighted by molar-refractivity contribution is 7.78. The number of esters is 1. The van der Waals surface area contributed by atoms with Crippen LogP contribution >= 0.6 is 0 Å². The summed E-state index contributed by atoms with van der Waals surface area (Å²) in [6.07, 6.45) is 0. The van der Waals surface area contributed by atoms with Gasteiger partial charge in [0.15, 0.2) is 0 Å². The summed E-state index contributed by atoms with van der Waals surface area (Å²) < 4.78 is 23.8. The van der Waals surface area contributed by atoms with Gasteiger partial charge in [0.1, 0.15) is 11.8 Å². The van der Waals surface area contributed by atoms with Crippen molar-refractivity contribution in [3.8, 4) is 5.75 Å². The van der Waals surface area contributed by atoms with Gasteiger partial charge in [0.2, 0.25) is 5.91 Å². The summed E-state index contributed by atoms with van der Waals surface area (Å²) in [5.74, 6) is -0.754. The van der Waals surface area contributed by atoms with Crippen molar-refractivity contribution in [2.75, 3.05) is 20.2 Å². The van der Waals surface area contributed by atoms with Gasteiger partial charge in [0.25, 0.3) is 11.3 Å². The molecule has 0 saturated carbocycles. The lowest BCUT2D eigenvalue weighted by molar-refractivity contribution is -0.142. The van der Waals surface area contributed by atoms with Crippen molar-refractivity contribution < 1.29 is 22.7 Å². The molecular formula is C12H17N3O5S. The lowest BCUT2D eigenvalue weighted by Gasteiger charge is -2.16. The van der Waals surface area contributed by atoms with Gasteiger partial charge in [-0.1, -0.05) is 18.2 Å². The summed E-state index contributed by atoms with van der Waals surface area (Å²) >= 11 is -1.97. The third-order valence-corrected chi connectivity index (χ3v) is 3.15. The van der Waals surface area contributed by atoms with E-state index in [1.54, 1.807) is 30.3 Å². The Morgan fingerprint density at radius 1 is 1.33 bits per heavy atom. The Kier molecular flexibility index (Phi) is 7.37. The molecule has 116 valence electrons. The van der Waals surface area contributed by atoms with Gasteiger partial charge in [0, 0.05) is 6.54 Å². The molecule has 2 unspecified atom stereocenters. The molecule has 0 aromatic heterocycles. The molecule has 1 rings (SSSR count). The number of methoxy groups -OCH3 is 1. The minimum Gasteiger partial charge on any atom is -0.468 e. The topological polar surface area (TPSA) is 120 Å². The maximum absolute atomic E-state index is 11.8. The van der Waals surface area contributed by atoms with Crippen molar-refractivity contribution in [1.82, 2.24) is 10.0 Å². The van der Waals surface area contributed by atoms with Crippen molar-refractivity contribution in [3.63, 3.8) is 0 Å². The van der Waals surface area contributed by atoms with Gasteiger partial charge in [-0.15, -0.1) is 0 Å². The van der Waals surface area contributed by atoms with Crippen LogP contribution in [0.15, 0.2) is 30.3 Å². The third-order valence-electron chi connectivity index (χ3n) is 2.33. The van der Waals surface area contributed by atoms with Crippen LogP contribution in [-0.2, 0) is 25.6 Å². The summed E-state index contributed by atoms with van der Waals surface area (Å²) in [6, 6.07) is 7.42. The maximum Gasteiger partial charge on any atom is 0.325 e. The van der Waals surface area contributed by atoms with E-state index in [1.165, 1.54) is 7.11 Å². The Morgan fingerprint density at radius 3 is 2.57 bits per heavy atom. The molecule has 1 amide bonds. The molecule has 0 saturated heterocycles. The average Bonchev–Trinajstić information content (AvgIpc) is 2.51. The van der Waals surface area contributed by atoms with Crippen molar-refractivity contribution in [1.29, 1.82) is 0 Å². The zero-order valence-electron chi connectivity index (χ0n) is 11.4. The monoisotopic (exact) mass is 315 g/mol. The number of amides is 1. The van der Waals surface area contributed by atoms with Gasteiger partial charge in [0.05, 0.1) is 13.7 Å². The number of nitrogens with two attached hydrogens (primary N) is 1. The number of rotatable bonds is 8. The zero-order valence-corrected chi connectivity index (χ0v) is 12.2. The molecule has 8 nitrogen and oxygen atoms in total. The normalized spacial score (nSPS) is 13.0. The summed E-state index contributed by atoms with van der Waals surface area (Å²) in [7, 11) is 1.18. The van der Waals surface area contributed by atoms with E-state index < -0.39 is 29.2 Å². The average molecular weight is 315 g/mol. The quantitative estimate of drug-likeness (QED) is 0.521. The summed E-state index contributed by atoms with van der Waals surface area (Å²) in [6.45, 7) is -0.329. The SMILES string of the molecule is COC(=O)C(CNC(=O)CN)NS(=O)Oc1ccccc1. The number of hydrogen-bond donors (Lipinski definition) is 3. The summed E-state index contributed by atoms with van der Waals surface area (Å²) in [4.78, 5) is 22.6. The van der Waals surface area contributed by atoms with E-state index in [4.69, 9.17) is 9.92 Å². The number of ether oxygens (including phenoxy) is 1. The first-order chi connectivity index (χ1) is 10.1. The van der Waals surface area contributed by atoms with Crippen LogP contribution in [0.25, 0.3) is 0 Å². The fourth-order valence-electron chi connectivity index (χ4n) is 1.31. The van der Waals surface area contributed by atoms with Crippen molar-refractivity contribution >= 4 is 23.1 Å². The van der Waals surface area contributed by atoms with Crippen LogP contribution in [0.1, 0.15) is 0 Å². The molecule has 2 atom stereocenters. The van der Waals surface area contributed by atoms with Crippen LogP contribution in [0.5, 0.6) is 5.75 Å². The Morgan fingerprint density at radius 2 is 2.00 bits per heavy atom. The second kappa shape index (κ2) is 9.06. The molecule has 4 N–H and O–H groups in total. The molecule has 0 aliphatic rings. The number of para-hydroxylation sites is 1. The second-order valence-corrected chi connectivity index (χ2v) is 4.70. The van der Waals surface area contributed by atoms with Gasteiger partial charge < -0.3 is 20.0 Å².